The van der Waals surface area contributed by atoms with Crippen LogP contribution >= 0.6 is 0 Å². The maximum atomic E-state index is 5.24. The van der Waals surface area contributed by atoms with Crippen molar-refractivity contribution < 1.29 is 4.74 Å². The fraction of sp³-hybridized carbons (Fsp3) is 0.714. The highest BCUT2D eigenvalue weighted by Gasteiger charge is 2.40. The van der Waals surface area contributed by atoms with E-state index in [0.29, 0.717) is 17.5 Å². The Labute approximate surface area is 114 Å². The first-order valence-corrected chi connectivity index (χ1v) is 7.10. The molecule has 3 rings (SSSR count). The number of methoxy groups -OCH3 is 1. The third-order valence-corrected chi connectivity index (χ3v) is 4.51. The number of hydrogen-bond donors (Lipinski definition) is 2. The van der Waals surface area contributed by atoms with Crippen LogP contribution in [0.25, 0.3) is 0 Å². The normalized spacial score (nSPS) is 24.8. The lowest BCUT2D eigenvalue weighted by Crippen LogP contribution is -2.58. The van der Waals surface area contributed by atoms with Crippen molar-refractivity contribution in [3.63, 3.8) is 0 Å². The molecule has 0 radical (unpaired) electrons. The first kappa shape index (κ1) is 12.7. The van der Waals surface area contributed by atoms with Crippen LogP contribution in [-0.2, 0) is 0 Å². The summed E-state index contributed by atoms with van der Waals surface area (Å²) in [4.78, 5) is 8.47. The lowest BCUT2D eigenvalue weighted by Gasteiger charge is -2.48. The largest absolute Gasteiger partial charge is 0.481 e. The SMILES string of the molecule is COc1ncnc(NC2CCNC3(CCC3)C2)c1C. The van der Waals surface area contributed by atoms with Crippen molar-refractivity contribution in [3.8, 4) is 5.88 Å². The van der Waals surface area contributed by atoms with Gasteiger partial charge < -0.3 is 15.4 Å². The summed E-state index contributed by atoms with van der Waals surface area (Å²) in [5.41, 5.74) is 1.40. The molecule has 19 heavy (non-hydrogen) atoms. The van der Waals surface area contributed by atoms with Crippen molar-refractivity contribution in [2.75, 3.05) is 19.0 Å². The molecule has 1 saturated heterocycles. The molecule has 1 aliphatic heterocycles. The van der Waals surface area contributed by atoms with Gasteiger partial charge in [0.2, 0.25) is 5.88 Å². The van der Waals surface area contributed by atoms with E-state index in [0.717, 1.165) is 24.3 Å². The van der Waals surface area contributed by atoms with Gasteiger partial charge in [0.05, 0.1) is 12.7 Å². The fourth-order valence-electron chi connectivity index (χ4n) is 3.24. The molecule has 1 atom stereocenters. The average Bonchev–Trinajstić information content (AvgIpc) is 2.40. The van der Waals surface area contributed by atoms with Gasteiger partial charge in [0.1, 0.15) is 12.1 Å². The molecule has 0 aromatic carbocycles. The number of aromatic nitrogens is 2. The molecule has 2 fully saturated rings. The minimum atomic E-state index is 0.404. The van der Waals surface area contributed by atoms with Crippen LogP contribution in [0, 0.1) is 6.92 Å². The Hall–Kier alpha value is -1.36. The summed E-state index contributed by atoms with van der Waals surface area (Å²) in [5, 5.41) is 7.26. The van der Waals surface area contributed by atoms with Crippen LogP contribution in [0.3, 0.4) is 0 Å². The van der Waals surface area contributed by atoms with E-state index in [2.05, 4.69) is 20.6 Å². The lowest BCUT2D eigenvalue weighted by molar-refractivity contribution is 0.135. The summed E-state index contributed by atoms with van der Waals surface area (Å²) in [6.45, 7) is 3.10. The number of nitrogens with one attached hydrogen (secondary N) is 2. The zero-order valence-corrected chi connectivity index (χ0v) is 11.7. The molecule has 1 aromatic rings. The number of piperidine rings is 1. The molecule has 1 aliphatic carbocycles. The summed E-state index contributed by atoms with van der Waals surface area (Å²) in [6, 6.07) is 0.500. The molecular weight excluding hydrogens is 240 g/mol. The standard InChI is InChI=1S/C14H22N4O/c1-10-12(15-9-16-13(10)19-2)18-11-4-7-17-14(8-11)5-3-6-14/h9,11,17H,3-8H2,1-2H3,(H,15,16,18). The van der Waals surface area contributed by atoms with Crippen molar-refractivity contribution in [2.24, 2.45) is 0 Å². The highest BCUT2D eigenvalue weighted by molar-refractivity contribution is 5.48. The molecule has 2 heterocycles. The third kappa shape index (κ3) is 2.39. The van der Waals surface area contributed by atoms with Gasteiger partial charge in [-0.2, -0.15) is 0 Å². The Balaban J connectivity index is 1.71. The van der Waals surface area contributed by atoms with Crippen molar-refractivity contribution in [3.05, 3.63) is 11.9 Å². The van der Waals surface area contributed by atoms with Gasteiger partial charge in [-0.05, 0) is 45.6 Å². The topological polar surface area (TPSA) is 59.1 Å². The first-order chi connectivity index (χ1) is 9.22. The molecule has 5 heteroatoms. The molecule has 0 bridgehead atoms. The summed E-state index contributed by atoms with van der Waals surface area (Å²) in [6.07, 6.45) is 7.90. The Morgan fingerprint density at radius 1 is 1.42 bits per heavy atom. The minimum absolute atomic E-state index is 0.404. The van der Waals surface area contributed by atoms with Crippen LogP contribution in [0.4, 0.5) is 5.82 Å². The Morgan fingerprint density at radius 2 is 2.26 bits per heavy atom. The molecule has 2 N–H and O–H groups in total. The minimum Gasteiger partial charge on any atom is -0.481 e. The van der Waals surface area contributed by atoms with E-state index in [-0.39, 0.29) is 0 Å². The monoisotopic (exact) mass is 262 g/mol. The maximum absolute atomic E-state index is 5.24. The highest BCUT2D eigenvalue weighted by atomic mass is 16.5. The number of ether oxygens (including phenoxy) is 1. The van der Waals surface area contributed by atoms with E-state index in [9.17, 15) is 0 Å². The number of anilines is 1. The van der Waals surface area contributed by atoms with E-state index in [1.54, 1.807) is 13.4 Å². The molecule has 1 spiro atoms. The number of hydrogen-bond acceptors (Lipinski definition) is 5. The number of nitrogens with zero attached hydrogens (tertiary/aromatic N) is 2. The summed E-state index contributed by atoms with van der Waals surface area (Å²) in [7, 11) is 1.65. The molecule has 1 unspecified atom stereocenters. The second-order valence-corrected chi connectivity index (χ2v) is 5.75. The summed E-state index contributed by atoms with van der Waals surface area (Å²) >= 11 is 0. The van der Waals surface area contributed by atoms with Crippen LogP contribution in [0.15, 0.2) is 6.33 Å². The predicted octanol–water partition coefficient (Wildman–Crippen LogP) is 1.88. The zero-order valence-electron chi connectivity index (χ0n) is 11.7. The van der Waals surface area contributed by atoms with E-state index in [1.807, 2.05) is 6.92 Å². The van der Waals surface area contributed by atoms with E-state index < -0.39 is 0 Å². The molecule has 5 nitrogen and oxygen atoms in total. The van der Waals surface area contributed by atoms with Gasteiger partial charge in [-0.25, -0.2) is 9.97 Å². The quantitative estimate of drug-likeness (QED) is 0.871. The van der Waals surface area contributed by atoms with Crippen molar-refractivity contribution in [1.29, 1.82) is 0 Å². The predicted molar refractivity (Wildman–Crippen MR) is 74.6 cm³/mol. The molecule has 104 valence electrons. The second-order valence-electron chi connectivity index (χ2n) is 5.75. The van der Waals surface area contributed by atoms with Gasteiger partial charge in [-0.15, -0.1) is 0 Å². The van der Waals surface area contributed by atoms with E-state index >= 15 is 0 Å². The van der Waals surface area contributed by atoms with E-state index in [1.165, 1.54) is 25.7 Å². The molecule has 1 aromatic heterocycles. The van der Waals surface area contributed by atoms with E-state index in [4.69, 9.17) is 4.74 Å². The molecule has 1 saturated carbocycles. The van der Waals surface area contributed by atoms with Crippen LogP contribution in [0.5, 0.6) is 5.88 Å². The highest BCUT2D eigenvalue weighted by Crippen LogP contribution is 2.39. The summed E-state index contributed by atoms with van der Waals surface area (Å²) in [5.74, 6) is 1.57. The van der Waals surface area contributed by atoms with Gasteiger partial charge >= 0.3 is 0 Å². The second kappa shape index (κ2) is 4.96. The van der Waals surface area contributed by atoms with Gasteiger partial charge in [-0.1, -0.05) is 0 Å². The van der Waals surface area contributed by atoms with Crippen molar-refractivity contribution >= 4 is 5.82 Å². The third-order valence-electron chi connectivity index (χ3n) is 4.51. The molecular formula is C14H22N4O. The van der Waals surface area contributed by atoms with Crippen LogP contribution < -0.4 is 15.4 Å². The lowest BCUT2D eigenvalue weighted by atomic mass is 9.70. The maximum Gasteiger partial charge on any atom is 0.221 e. The molecule has 0 amide bonds. The fourth-order valence-corrected chi connectivity index (χ4v) is 3.24. The van der Waals surface area contributed by atoms with Gasteiger partial charge in [0.25, 0.3) is 0 Å². The smallest absolute Gasteiger partial charge is 0.221 e. The number of rotatable bonds is 3. The van der Waals surface area contributed by atoms with Crippen LogP contribution in [-0.4, -0.2) is 35.2 Å². The Bertz CT molecular complexity index is 459. The van der Waals surface area contributed by atoms with Crippen molar-refractivity contribution in [1.82, 2.24) is 15.3 Å². The van der Waals surface area contributed by atoms with Gasteiger partial charge in [-0.3, -0.25) is 0 Å². The zero-order chi connectivity index (χ0) is 13.3. The van der Waals surface area contributed by atoms with Crippen molar-refractivity contribution in [2.45, 2.75) is 50.6 Å². The first-order valence-electron chi connectivity index (χ1n) is 7.10. The Kier molecular flexibility index (Phi) is 3.31. The van der Waals surface area contributed by atoms with Gasteiger partial charge in [0.15, 0.2) is 0 Å². The Morgan fingerprint density at radius 3 is 2.95 bits per heavy atom. The van der Waals surface area contributed by atoms with Gasteiger partial charge in [0, 0.05) is 11.6 Å². The van der Waals surface area contributed by atoms with Crippen LogP contribution in [0.2, 0.25) is 0 Å². The average molecular weight is 262 g/mol. The molecule has 2 aliphatic rings. The summed E-state index contributed by atoms with van der Waals surface area (Å²) < 4.78 is 5.24. The van der Waals surface area contributed by atoms with Crippen LogP contribution in [0.1, 0.15) is 37.7 Å².